The zero-order valence-corrected chi connectivity index (χ0v) is 12.6. The molecule has 5 nitrogen and oxygen atoms in total. The third kappa shape index (κ3) is 6.43. The molecular weight excluding hydrogens is 254 g/mol. The lowest BCUT2D eigenvalue weighted by molar-refractivity contribution is 0.203. The van der Waals surface area contributed by atoms with Crippen LogP contribution in [-0.4, -0.2) is 46.4 Å². The molecule has 0 bridgehead atoms. The minimum Gasteiger partial charge on any atom is -0.493 e. The fourth-order valence-corrected chi connectivity index (χ4v) is 1.67. The summed E-state index contributed by atoms with van der Waals surface area (Å²) in [7, 11) is 3.44. The maximum atomic E-state index is 5.73. The van der Waals surface area contributed by atoms with Gasteiger partial charge in [-0.2, -0.15) is 0 Å². The molecule has 5 heteroatoms. The van der Waals surface area contributed by atoms with Gasteiger partial charge in [0.25, 0.3) is 0 Å². The maximum absolute atomic E-state index is 5.73. The average Bonchev–Trinajstić information content (AvgIpc) is 2.47. The SMILES string of the molecule is CN=C(NCCCOc1ccccc1C)NCCOC. The number of methoxy groups -OCH3 is 1. The summed E-state index contributed by atoms with van der Waals surface area (Å²) in [5.74, 6) is 1.74. The highest BCUT2D eigenvalue weighted by molar-refractivity contribution is 5.79. The molecule has 2 N–H and O–H groups in total. The fourth-order valence-electron chi connectivity index (χ4n) is 1.67. The maximum Gasteiger partial charge on any atom is 0.191 e. The van der Waals surface area contributed by atoms with Crippen LogP contribution in [0.15, 0.2) is 29.3 Å². The lowest BCUT2D eigenvalue weighted by atomic mass is 10.2. The first-order valence-corrected chi connectivity index (χ1v) is 6.90. The summed E-state index contributed by atoms with van der Waals surface area (Å²) >= 11 is 0. The predicted molar refractivity (Wildman–Crippen MR) is 82.5 cm³/mol. The lowest BCUT2D eigenvalue weighted by Crippen LogP contribution is -2.39. The zero-order valence-electron chi connectivity index (χ0n) is 12.6. The Bertz CT molecular complexity index is 408. The number of benzene rings is 1. The number of rotatable bonds is 8. The van der Waals surface area contributed by atoms with Crippen LogP contribution in [0.2, 0.25) is 0 Å². The third-order valence-corrected chi connectivity index (χ3v) is 2.79. The number of aryl methyl sites for hydroxylation is 1. The van der Waals surface area contributed by atoms with Crippen LogP contribution in [0.5, 0.6) is 5.75 Å². The molecule has 0 unspecified atom stereocenters. The molecule has 0 radical (unpaired) electrons. The van der Waals surface area contributed by atoms with Crippen molar-refractivity contribution in [2.75, 3.05) is 40.5 Å². The van der Waals surface area contributed by atoms with Gasteiger partial charge in [-0.1, -0.05) is 18.2 Å². The normalized spacial score (nSPS) is 11.2. The molecule has 20 heavy (non-hydrogen) atoms. The van der Waals surface area contributed by atoms with Gasteiger partial charge in [-0.25, -0.2) is 0 Å². The van der Waals surface area contributed by atoms with E-state index in [2.05, 4.69) is 28.6 Å². The molecule has 0 aliphatic rings. The molecule has 0 aliphatic heterocycles. The molecule has 0 aliphatic carbocycles. The Balaban J connectivity index is 2.13. The number of nitrogens with zero attached hydrogens (tertiary/aromatic N) is 1. The van der Waals surface area contributed by atoms with E-state index in [0.717, 1.165) is 36.8 Å². The second-order valence-corrected chi connectivity index (χ2v) is 4.39. The average molecular weight is 279 g/mol. The lowest BCUT2D eigenvalue weighted by Gasteiger charge is -2.12. The molecule has 1 aromatic carbocycles. The summed E-state index contributed by atoms with van der Waals surface area (Å²) in [6, 6.07) is 8.05. The Morgan fingerprint density at radius 3 is 2.60 bits per heavy atom. The minimum absolute atomic E-state index is 0.664. The van der Waals surface area contributed by atoms with Crippen molar-refractivity contribution in [1.82, 2.24) is 10.6 Å². The van der Waals surface area contributed by atoms with Crippen molar-refractivity contribution < 1.29 is 9.47 Å². The number of ether oxygens (including phenoxy) is 2. The number of hydrogen-bond donors (Lipinski definition) is 2. The molecule has 0 heterocycles. The fraction of sp³-hybridized carbons (Fsp3) is 0.533. The predicted octanol–water partition coefficient (Wildman–Crippen LogP) is 1.58. The Morgan fingerprint density at radius 1 is 1.15 bits per heavy atom. The summed E-state index contributed by atoms with van der Waals surface area (Å²) in [5, 5.41) is 6.39. The Kier molecular flexibility index (Phi) is 8.22. The molecule has 0 atom stereocenters. The minimum atomic E-state index is 0.664. The summed E-state index contributed by atoms with van der Waals surface area (Å²) in [5.41, 5.74) is 1.16. The number of para-hydroxylation sites is 1. The van der Waals surface area contributed by atoms with Gasteiger partial charge in [0.15, 0.2) is 5.96 Å². The quantitative estimate of drug-likeness (QED) is 0.431. The van der Waals surface area contributed by atoms with Crippen molar-refractivity contribution in [3.8, 4) is 5.75 Å². The monoisotopic (exact) mass is 279 g/mol. The highest BCUT2D eigenvalue weighted by atomic mass is 16.5. The van der Waals surface area contributed by atoms with Crippen LogP contribution >= 0.6 is 0 Å². The van der Waals surface area contributed by atoms with Gasteiger partial charge >= 0.3 is 0 Å². The Hall–Kier alpha value is -1.75. The molecule has 0 spiro atoms. The van der Waals surface area contributed by atoms with Crippen molar-refractivity contribution in [1.29, 1.82) is 0 Å². The Morgan fingerprint density at radius 2 is 1.90 bits per heavy atom. The first-order valence-electron chi connectivity index (χ1n) is 6.90. The van der Waals surface area contributed by atoms with Crippen LogP contribution in [0, 0.1) is 6.92 Å². The van der Waals surface area contributed by atoms with Crippen molar-refractivity contribution in [3.63, 3.8) is 0 Å². The summed E-state index contributed by atoms with van der Waals surface area (Å²) in [4.78, 5) is 4.13. The van der Waals surface area contributed by atoms with Crippen LogP contribution in [0.4, 0.5) is 0 Å². The molecule has 0 aromatic heterocycles. The van der Waals surface area contributed by atoms with E-state index in [4.69, 9.17) is 9.47 Å². The largest absolute Gasteiger partial charge is 0.493 e. The van der Waals surface area contributed by atoms with Crippen molar-refractivity contribution in [3.05, 3.63) is 29.8 Å². The van der Waals surface area contributed by atoms with Gasteiger partial charge in [0.05, 0.1) is 13.2 Å². The van der Waals surface area contributed by atoms with Gasteiger partial charge < -0.3 is 20.1 Å². The van der Waals surface area contributed by atoms with E-state index >= 15 is 0 Å². The van der Waals surface area contributed by atoms with Crippen LogP contribution in [0.3, 0.4) is 0 Å². The molecule has 112 valence electrons. The summed E-state index contributed by atoms with van der Waals surface area (Å²) < 4.78 is 10.7. The van der Waals surface area contributed by atoms with E-state index in [1.807, 2.05) is 18.2 Å². The third-order valence-electron chi connectivity index (χ3n) is 2.79. The van der Waals surface area contributed by atoms with Crippen LogP contribution in [0.25, 0.3) is 0 Å². The van der Waals surface area contributed by atoms with Crippen molar-refractivity contribution in [2.24, 2.45) is 4.99 Å². The van der Waals surface area contributed by atoms with E-state index in [-0.39, 0.29) is 0 Å². The van der Waals surface area contributed by atoms with Gasteiger partial charge in [-0.15, -0.1) is 0 Å². The molecule has 1 rings (SSSR count). The van der Waals surface area contributed by atoms with Gasteiger partial charge in [-0.05, 0) is 25.0 Å². The van der Waals surface area contributed by atoms with E-state index < -0.39 is 0 Å². The highest BCUT2D eigenvalue weighted by Crippen LogP contribution is 2.15. The van der Waals surface area contributed by atoms with Crippen LogP contribution < -0.4 is 15.4 Å². The van der Waals surface area contributed by atoms with Gasteiger partial charge in [0, 0.05) is 27.2 Å². The molecule has 1 aromatic rings. The van der Waals surface area contributed by atoms with E-state index in [1.165, 1.54) is 0 Å². The second kappa shape index (κ2) is 10.1. The van der Waals surface area contributed by atoms with Crippen molar-refractivity contribution >= 4 is 5.96 Å². The first-order chi connectivity index (χ1) is 9.77. The smallest absolute Gasteiger partial charge is 0.191 e. The Labute approximate surface area is 121 Å². The first kappa shape index (κ1) is 16.3. The summed E-state index contributed by atoms with van der Waals surface area (Å²) in [6.45, 7) is 4.97. The van der Waals surface area contributed by atoms with Gasteiger partial charge in [-0.3, -0.25) is 4.99 Å². The highest BCUT2D eigenvalue weighted by Gasteiger charge is 1.98. The van der Waals surface area contributed by atoms with E-state index in [0.29, 0.717) is 13.2 Å². The van der Waals surface area contributed by atoms with Crippen LogP contribution in [0.1, 0.15) is 12.0 Å². The molecular formula is C15H25N3O2. The topological polar surface area (TPSA) is 54.9 Å². The second-order valence-electron chi connectivity index (χ2n) is 4.39. The number of guanidine groups is 1. The number of hydrogen-bond acceptors (Lipinski definition) is 3. The number of nitrogens with one attached hydrogen (secondary N) is 2. The van der Waals surface area contributed by atoms with Gasteiger partial charge in [0.2, 0.25) is 0 Å². The van der Waals surface area contributed by atoms with E-state index in [1.54, 1.807) is 14.2 Å². The van der Waals surface area contributed by atoms with Gasteiger partial charge in [0.1, 0.15) is 5.75 Å². The van der Waals surface area contributed by atoms with Crippen LogP contribution in [-0.2, 0) is 4.74 Å². The molecule has 0 amide bonds. The molecule has 0 fully saturated rings. The zero-order chi connectivity index (χ0) is 14.6. The van der Waals surface area contributed by atoms with E-state index in [9.17, 15) is 0 Å². The summed E-state index contributed by atoms with van der Waals surface area (Å²) in [6.07, 6.45) is 0.916. The number of aliphatic imine (C=N–C) groups is 1. The molecule has 0 saturated heterocycles. The van der Waals surface area contributed by atoms with Crippen molar-refractivity contribution in [2.45, 2.75) is 13.3 Å². The standard InChI is InChI=1S/C15H25N3O2/c1-13-7-4-5-8-14(13)20-11-6-9-17-15(16-2)18-10-12-19-3/h4-5,7-8H,6,9-12H2,1-3H3,(H2,16,17,18). The molecule has 0 saturated carbocycles.